The van der Waals surface area contributed by atoms with E-state index in [1.165, 1.54) is 34.6 Å². The normalized spacial score (nSPS) is 15.5. The number of rotatable bonds is 5. The Hall–Kier alpha value is -0.510. The van der Waals surface area contributed by atoms with E-state index in [1.807, 2.05) is 11.8 Å². The lowest BCUT2D eigenvalue weighted by Crippen LogP contribution is -2.34. The minimum Gasteiger partial charge on any atom is -0.395 e. The highest BCUT2D eigenvalue weighted by atomic mass is 32.2. The molecule has 0 saturated carbocycles. The van der Waals surface area contributed by atoms with Crippen LogP contribution in [0.25, 0.3) is 0 Å². The summed E-state index contributed by atoms with van der Waals surface area (Å²) in [4.78, 5) is 1.46. The summed E-state index contributed by atoms with van der Waals surface area (Å²) in [6, 6.07) is 6.92. The van der Waals surface area contributed by atoms with Crippen molar-refractivity contribution in [1.29, 1.82) is 0 Å². The van der Waals surface area contributed by atoms with Crippen LogP contribution in [0.3, 0.4) is 0 Å². The van der Waals surface area contributed by atoms with Gasteiger partial charge in [-0.2, -0.15) is 0 Å². The topological polar surface area (TPSA) is 32.3 Å². The maximum absolute atomic E-state index is 8.83. The third kappa shape index (κ3) is 3.28. The summed E-state index contributed by atoms with van der Waals surface area (Å²) in [7, 11) is 0. The first kappa shape index (κ1) is 13.9. The number of aliphatic hydroxyl groups excluding tert-OH is 1. The zero-order valence-corrected chi connectivity index (χ0v) is 12.1. The van der Waals surface area contributed by atoms with Crippen LogP contribution in [0.1, 0.15) is 31.4 Å². The number of hydrogen-bond acceptors (Lipinski definition) is 3. The minimum atomic E-state index is 0.117. The number of benzene rings is 1. The summed E-state index contributed by atoms with van der Waals surface area (Å²) < 4.78 is 0. The van der Waals surface area contributed by atoms with Crippen molar-refractivity contribution in [2.24, 2.45) is 0 Å². The highest BCUT2D eigenvalue weighted by Gasteiger charge is 2.21. The molecule has 2 N–H and O–H groups in total. The number of fused-ring (bicyclic) bond motifs is 1. The standard InChI is InChI=1S/C15H23NOS/c1-15(2,11-16-7-8-17)13-5-6-14-12(10-13)4-3-9-18-14/h5-6,10,16-17H,3-4,7-9,11H2,1-2H3. The molecule has 0 unspecified atom stereocenters. The Morgan fingerprint density at radius 1 is 1.39 bits per heavy atom. The second-order valence-corrected chi connectivity index (χ2v) is 6.70. The van der Waals surface area contributed by atoms with Crippen molar-refractivity contribution >= 4 is 11.8 Å². The molecule has 0 amide bonds. The van der Waals surface area contributed by atoms with E-state index in [4.69, 9.17) is 5.11 Å². The van der Waals surface area contributed by atoms with Crippen molar-refractivity contribution < 1.29 is 5.11 Å². The lowest BCUT2D eigenvalue weighted by molar-refractivity contribution is 0.286. The third-order valence-electron chi connectivity index (χ3n) is 3.55. The van der Waals surface area contributed by atoms with Crippen LogP contribution in [0.15, 0.2) is 23.1 Å². The molecule has 0 aromatic heterocycles. The van der Waals surface area contributed by atoms with Gasteiger partial charge < -0.3 is 10.4 Å². The average Bonchev–Trinajstić information content (AvgIpc) is 2.38. The summed E-state index contributed by atoms with van der Waals surface area (Å²) in [5, 5.41) is 12.1. The molecule has 0 atom stereocenters. The molecule has 0 saturated heterocycles. The summed E-state index contributed by atoms with van der Waals surface area (Å²) in [5.41, 5.74) is 3.03. The van der Waals surface area contributed by atoms with Gasteiger partial charge in [0.15, 0.2) is 0 Å². The van der Waals surface area contributed by atoms with Gasteiger partial charge in [-0.05, 0) is 35.8 Å². The molecule has 1 aromatic rings. The molecule has 1 aliphatic rings. The van der Waals surface area contributed by atoms with Crippen LogP contribution >= 0.6 is 11.8 Å². The molecular weight excluding hydrogens is 242 g/mol. The monoisotopic (exact) mass is 265 g/mol. The van der Waals surface area contributed by atoms with Gasteiger partial charge in [-0.3, -0.25) is 0 Å². The van der Waals surface area contributed by atoms with Crippen LogP contribution in [0.4, 0.5) is 0 Å². The lowest BCUT2D eigenvalue weighted by Gasteiger charge is -2.27. The van der Waals surface area contributed by atoms with Gasteiger partial charge in [-0.1, -0.05) is 26.0 Å². The molecule has 18 heavy (non-hydrogen) atoms. The van der Waals surface area contributed by atoms with Gasteiger partial charge in [-0.15, -0.1) is 11.8 Å². The van der Waals surface area contributed by atoms with Gasteiger partial charge in [0.05, 0.1) is 6.61 Å². The van der Waals surface area contributed by atoms with E-state index in [1.54, 1.807) is 0 Å². The highest BCUT2D eigenvalue weighted by Crippen LogP contribution is 2.33. The Kier molecular flexibility index (Phi) is 4.71. The summed E-state index contributed by atoms with van der Waals surface area (Å²) in [6.07, 6.45) is 2.51. The Bertz CT molecular complexity index is 403. The van der Waals surface area contributed by atoms with Gasteiger partial charge in [0.2, 0.25) is 0 Å². The molecule has 1 aliphatic heterocycles. The fraction of sp³-hybridized carbons (Fsp3) is 0.600. The van der Waals surface area contributed by atoms with Gasteiger partial charge in [-0.25, -0.2) is 0 Å². The molecule has 1 heterocycles. The molecule has 2 nitrogen and oxygen atoms in total. The van der Waals surface area contributed by atoms with Crippen molar-refractivity contribution in [2.75, 3.05) is 25.4 Å². The van der Waals surface area contributed by atoms with Crippen LogP contribution in [-0.2, 0) is 11.8 Å². The quantitative estimate of drug-likeness (QED) is 0.803. The second kappa shape index (κ2) is 6.09. The number of thioether (sulfide) groups is 1. The molecule has 0 aliphatic carbocycles. The third-order valence-corrected chi connectivity index (χ3v) is 4.75. The summed E-state index contributed by atoms with van der Waals surface area (Å²) in [5.74, 6) is 1.26. The van der Waals surface area contributed by atoms with Crippen molar-refractivity contribution in [2.45, 2.75) is 37.0 Å². The van der Waals surface area contributed by atoms with Crippen LogP contribution in [0, 0.1) is 0 Å². The first-order chi connectivity index (χ1) is 8.63. The Morgan fingerprint density at radius 2 is 2.22 bits per heavy atom. The van der Waals surface area contributed by atoms with Crippen LogP contribution in [0.5, 0.6) is 0 Å². The SMILES string of the molecule is CC(C)(CNCCO)c1ccc2c(c1)CCCS2. The summed E-state index contributed by atoms with van der Waals surface area (Å²) >= 11 is 1.98. The number of nitrogens with one attached hydrogen (secondary N) is 1. The van der Waals surface area contributed by atoms with Crippen molar-refractivity contribution in [1.82, 2.24) is 5.32 Å². The smallest absolute Gasteiger partial charge is 0.0555 e. The average molecular weight is 265 g/mol. The fourth-order valence-corrected chi connectivity index (χ4v) is 3.38. The molecule has 1 aromatic carbocycles. The molecular formula is C15H23NOS. The molecule has 0 spiro atoms. The Labute approximate surface area is 114 Å². The van der Waals surface area contributed by atoms with Crippen molar-refractivity contribution in [3.8, 4) is 0 Å². The number of aliphatic hydroxyl groups is 1. The van der Waals surface area contributed by atoms with E-state index in [0.717, 1.165) is 6.54 Å². The first-order valence-corrected chi connectivity index (χ1v) is 7.70. The van der Waals surface area contributed by atoms with E-state index in [2.05, 4.69) is 37.4 Å². The zero-order chi connectivity index (χ0) is 13.0. The zero-order valence-electron chi connectivity index (χ0n) is 11.3. The maximum atomic E-state index is 8.83. The molecule has 0 radical (unpaired) electrons. The van der Waals surface area contributed by atoms with E-state index in [-0.39, 0.29) is 12.0 Å². The lowest BCUT2D eigenvalue weighted by atomic mass is 9.83. The number of hydrogen-bond donors (Lipinski definition) is 2. The van der Waals surface area contributed by atoms with Gasteiger partial charge in [0.25, 0.3) is 0 Å². The van der Waals surface area contributed by atoms with E-state index < -0.39 is 0 Å². The minimum absolute atomic E-state index is 0.117. The Morgan fingerprint density at radius 3 is 3.00 bits per heavy atom. The van der Waals surface area contributed by atoms with E-state index >= 15 is 0 Å². The number of aryl methyl sites for hydroxylation is 1. The molecule has 2 rings (SSSR count). The van der Waals surface area contributed by atoms with Gasteiger partial charge >= 0.3 is 0 Å². The summed E-state index contributed by atoms with van der Waals surface area (Å²) in [6.45, 7) is 6.30. The van der Waals surface area contributed by atoms with E-state index in [0.29, 0.717) is 6.54 Å². The molecule has 100 valence electrons. The van der Waals surface area contributed by atoms with Gasteiger partial charge in [0, 0.05) is 23.4 Å². The predicted octanol–water partition coefficient (Wildman–Crippen LogP) is 2.58. The molecule has 0 fully saturated rings. The predicted molar refractivity (Wildman–Crippen MR) is 78.5 cm³/mol. The Balaban J connectivity index is 2.11. The first-order valence-electron chi connectivity index (χ1n) is 6.71. The fourth-order valence-electron chi connectivity index (χ4n) is 2.36. The van der Waals surface area contributed by atoms with E-state index in [9.17, 15) is 0 Å². The second-order valence-electron chi connectivity index (χ2n) is 5.56. The largest absolute Gasteiger partial charge is 0.395 e. The molecule has 0 bridgehead atoms. The molecule has 3 heteroatoms. The van der Waals surface area contributed by atoms with Crippen LogP contribution in [-0.4, -0.2) is 30.6 Å². The van der Waals surface area contributed by atoms with Crippen molar-refractivity contribution in [3.05, 3.63) is 29.3 Å². The maximum Gasteiger partial charge on any atom is 0.0555 e. The van der Waals surface area contributed by atoms with Crippen LogP contribution in [0.2, 0.25) is 0 Å². The highest BCUT2D eigenvalue weighted by molar-refractivity contribution is 7.99. The van der Waals surface area contributed by atoms with Crippen LogP contribution < -0.4 is 5.32 Å². The van der Waals surface area contributed by atoms with Gasteiger partial charge in [0.1, 0.15) is 0 Å². The van der Waals surface area contributed by atoms with Crippen molar-refractivity contribution in [3.63, 3.8) is 0 Å².